The van der Waals surface area contributed by atoms with Crippen LogP contribution in [0, 0.1) is 13.8 Å². The van der Waals surface area contributed by atoms with Crippen LogP contribution in [-0.4, -0.2) is 41.4 Å². The minimum Gasteiger partial charge on any atom is -0.744 e. The van der Waals surface area contributed by atoms with Crippen LogP contribution in [0.2, 0.25) is 0 Å². The maximum Gasteiger partial charge on any atom is 1.00 e. The molecule has 0 aliphatic rings. The van der Waals surface area contributed by atoms with Crippen LogP contribution < -0.4 is 59.1 Å². The standard InChI is InChI=1S/C26H20N2O6S2.2Na.H2O/c1-15-25(35(29,30)31)21(17-9-5-3-6-10-17)19-13-14-20-22(18-11-7-4-8-12-18)26(36(32,33)34)16(2)28-24(20)23(19)27-15;;;/h3-14H,1-2H3,(H,29,30,31)(H,32,33,34);;;1H2/q;2*+1;/p-2. The summed E-state index contributed by atoms with van der Waals surface area (Å²) in [5.41, 5.74) is 1.93. The molecule has 39 heavy (non-hydrogen) atoms. The number of pyridine rings is 2. The van der Waals surface area contributed by atoms with Crippen molar-refractivity contribution in [2.45, 2.75) is 23.6 Å². The first-order chi connectivity index (χ1) is 17.0. The Morgan fingerprint density at radius 3 is 1.15 bits per heavy atom. The van der Waals surface area contributed by atoms with Crippen molar-refractivity contribution in [3.63, 3.8) is 0 Å². The quantitative estimate of drug-likeness (QED) is 0.130. The van der Waals surface area contributed by atoms with Crippen LogP contribution in [0.3, 0.4) is 0 Å². The van der Waals surface area contributed by atoms with Crippen LogP contribution in [0.25, 0.3) is 44.1 Å². The molecule has 13 heteroatoms. The van der Waals surface area contributed by atoms with Gasteiger partial charge in [0.1, 0.15) is 20.2 Å². The molecule has 2 heterocycles. The molecule has 0 unspecified atom stereocenters. The van der Waals surface area contributed by atoms with E-state index in [2.05, 4.69) is 9.97 Å². The smallest absolute Gasteiger partial charge is 0.744 e. The molecule has 0 radical (unpaired) electrons. The van der Waals surface area contributed by atoms with Gasteiger partial charge < -0.3 is 14.6 Å². The average Bonchev–Trinajstić information content (AvgIpc) is 2.82. The fourth-order valence-corrected chi connectivity index (χ4v) is 6.42. The van der Waals surface area contributed by atoms with E-state index in [1.807, 2.05) is 0 Å². The first-order valence-corrected chi connectivity index (χ1v) is 13.6. The van der Waals surface area contributed by atoms with E-state index in [0.29, 0.717) is 21.9 Å². The number of aryl methyl sites for hydroxylation is 2. The SMILES string of the molecule is Cc1nc2c(ccc3c(-c4ccccc4)c(S(=O)(=O)[O-])c(C)nc32)c(-c2ccccc2)c1S(=O)(=O)[O-].O.[Na+].[Na+]. The van der Waals surface area contributed by atoms with Gasteiger partial charge in [0.15, 0.2) is 0 Å². The van der Waals surface area contributed by atoms with E-state index in [0.717, 1.165) is 0 Å². The van der Waals surface area contributed by atoms with Crippen LogP contribution >= 0.6 is 0 Å². The van der Waals surface area contributed by atoms with E-state index in [1.165, 1.54) is 13.8 Å². The van der Waals surface area contributed by atoms with Crippen LogP contribution in [0.4, 0.5) is 0 Å². The van der Waals surface area contributed by atoms with E-state index in [1.54, 1.807) is 72.8 Å². The van der Waals surface area contributed by atoms with Gasteiger partial charge in [-0.05, 0) is 25.0 Å². The van der Waals surface area contributed by atoms with Crippen molar-refractivity contribution in [1.29, 1.82) is 0 Å². The topological polar surface area (TPSA) is 172 Å². The zero-order valence-electron chi connectivity index (χ0n) is 21.6. The number of nitrogens with zero attached hydrogens (tertiary/aromatic N) is 2. The van der Waals surface area contributed by atoms with Crippen molar-refractivity contribution in [2.24, 2.45) is 0 Å². The number of aromatic nitrogens is 2. The molecule has 0 amide bonds. The average molecular weight is 583 g/mol. The third kappa shape index (κ3) is 6.14. The first kappa shape index (κ1) is 33.5. The van der Waals surface area contributed by atoms with Gasteiger partial charge in [-0.3, -0.25) is 0 Å². The summed E-state index contributed by atoms with van der Waals surface area (Å²) in [5, 5.41) is 0.717. The molecular formula is C26H20N2Na2O7S2. The predicted octanol–water partition coefficient (Wildman–Crippen LogP) is -2.27. The van der Waals surface area contributed by atoms with E-state index in [-0.39, 0.29) is 98.1 Å². The molecule has 9 nitrogen and oxygen atoms in total. The van der Waals surface area contributed by atoms with Gasteiger partial charge in [-0.15, -0.1) is 0 Å². The van der Waals surface area contributed by atoms with Crippen molar-refractivity contribution >= 4 is 42.0 Å². The molecule has 0 bridgehead atoms. The van der Waals surface area contributed by atoms with Gasteiger partial charge in [0.05, 0.1) is 32.2 Å². The molecule has 0 atom stereocenters. The maximum absolute atomic E-state index is 12.3. The molecule has 2 N–H and O–H groups in total. The molecular weight excluding hydrogens is 562 g/mol. The van der Waals surface area contributed by atoms with Crippen molar-refractivity contribution in [1.82, 2.24) is 9.97 Å². The molecule has 3 aromatic carbocycles. The Kier molecular flexibility index (Phi) is 10.7. The Labute approximate surface area is 270 Å². The zero-order chi connectivity index (χ0) is 25.8. The van der Waals surface area contributed by atoms with Crippen molar-refractivity contribution in [2.75, 3.05) is 0 Å². The molecule has 190 valence electrons. The maximum atomic E-state index is 12.3. The molecule has 5 aromatic rings. The second-order valence-electron chi connectivity index (χ2n) is 8.30. The van der Waals surface area contributed by atoms with Crippen LogP contribution in [0.1, 0.15) is 11.4 Å². The Hall–Kier alpha value is -1.74. The summed E-state index contributed by atoms with van der Waals surface area (Å²) in [6, 6.07) is 20.3. The van der Waals surface area contributed by atoms with Crippen LogP contribution in [-0.2, 0) is 20.2 Å². The summed E-state index contributed by atoms with van der Waals surface area (Å²) in [4.78, 5) is 8.05. The fourth-order valence-electron chi connectivity index (χ4n) is 4.65. The van der Waals surface area contributed by atoms with Gasteiger partial charge in [0, 0.05) is 21.9 Å². The summed E-state index contributed by atoms with van der Waals surface area (Å²) >= 11 is 0. The molecule has 0 spiro atoms. The molecule has 0 aliphatic heterocycles. The molecule has 0 saturated heterocycles. The van der Waals surface area contributed by atoms with Crippen molar-refractivity contribution in [3.8, 4) is 22.3 Å². The third-order valence-corrected chi connectivity index (χ3v) is 7.98. The van der Waals surface area contributed by atoms with E-state index in [4.69, 9.17) is 0 Å². The van der Waals surface area contributed by atoms with Gasteiger partial charge in [-0.1, -0.05) is 72.8 Å². The predicted molar refractivity (Wildman–Crippen MR) is 137 cm³/mol. The van der Waals surface area contributed by atoms with Crippen LogP contribution in [0.5, 0.6) is 0 Å². The summed E-state index contributed by atoms with van der Waals surface area (Å²) in [6.07, 6.45) is 0. The van der Waals surface area contributed by atoms with Gasteiger partial charge in [-0.2, -0.15) is 0 Å². The number of benzene rings is 3. The summed E-state index contributed by atoms with van der Waals surface area (Å²) in [6.45, 7) is 2.86. The van der Waals surface area contributed by atoms with Crippen molar-refractivity contribution in [3.05, 3.63) is 84.2 Å². The largest absolute Gasteiger partial charge is 1.00 e. The Bertz CT molecular complexity index is 1760. The Morgan fingerprint density at radius 2 is 0.872 bits per heavy atom. The normalized spacial score (nSPS) is 11.4. The summed E-state index contributed by atoms with van der Waals surface area (Å²) in [5.74, 6) is 0. The summed E-state index contributed by atoms with van der Waals surface area (Å²) < 4.78 is 73.7. The van der Waals surface area contributed by atoms with Gasteiger partial charge in [0.2, 0.25) is 0 Å². The molecule has 0 fully saturated rings. The van der Waals surface area contributed by atoms with Crippen molar-refractivity contribution < 1.29 is 90.5 Å². The number of hydrogen-bond donors (Lipinski definition) is 0. The minimum absolute atomic E-state index is 0. The molecule has 5 rings (SSSR count). The second kappa shape index (κ2) is 12.4. The number of fused-ring (bicyclic) bond motifs is 3. The van der Waals surface area contributed by atoms with Crippen LogP contribution in [0.15, 0.2) is 82.6 Å². The van der Waals surface area contributed by atoms with Gasteiger partial charge in [-0.25, -0.2) is 26.8 Å². The fraction of sp³-hybridized carbons (Fsp3) is 0.0769. The summed E-state index contributed by atoms with van der Waals surface area (Å²) in [7, 11) is -9.79. The zero-order valence-corrected chi connectivity index (χ0v) is 27.2. The minimum atomic E-state index is -4.90. The van der Waals surface area contributed by atoms with Gasteiger partial charge >= 0.3 is 59.1 Å². The molecule has 0 saturated carbocycles. The Morgan fingerprint density at radius 1 is 0.564 bits per heavy atom. The number of hydrogen-bond acceptors (Lipinski definition) is 8. The van der Waals surface area contributed by atoms with E-state index >= 15 is 0 Å². The molecule has 2 aromatic heterocycles. The second-order valence-corrected chi connectivity index (χ2v) is 10.9. The number of rotatable bonds is 4. The first-order valence-electron chi connectivity index (χ1n) is 10.8. The third-order valence-electron chi connectivity index (χ3n) is 5.99. The van der Waals surface area contributed by atoms with E-state index < -0.39 is 30.0 Å². The van der Waals surface area contributed by atoms with E-state index in [9.17, 15) is 25.9 Å². The molecule has 0 aliphatic carbocycles. The Balaban J connectivity index is 0.00000178. The monoisotopic (exact) mass is 582 g/mol. The van der Waals surface area contributed by atoms with Gasteiger partial charge in [0.25, 0.3) is 0 Å².